The second kappa shape index (κ2) is 7.01. The highest BCUT2D eigenvalue weighted by atomic mass is 19.1. The highest BCUT2D eigenvalue weighted by molar-refractivity contribution is 5.29. The molecule has 4 heteroatoms. The van der Waals surface area contributed by atoms with E-state index >= 15 is 0 Å². The molecule has 0 amide bonds. The summed E-state index contributed by atoms with van der Waals surface area (Å²) in [5.74, 6) is -0.0794. The van der Waals surface area contributed by atoms with Crippen LogP contribution in [0.1, 0.15) is 23.7 Å². The summed E-state index contributed by atoms with van der Waals surface area (Å²) < 4.78 is 19.4. The van der Waals surface area contributed by atoms with Gasteiger partial charge in [0, 0.05) is 12.7 Å². The number of halogens is 1. The fraction of sp³-hybridized carbons (Fsp3) is 0.312. The molecule has 0 aliphatic carbocycles. The summed E-state index contributed by atoms with van der Waals surface area (Å²) in [5, 5.41) is 3.16. The van der Waals surface area contributed by atoms with Gasteiger partial charge in [0.2, 0.25) is 0 Å². The van der Waals surface area contributed by atoms with Gasteiger partial charge in [-0.3, -0.25) is 4.98 Å². The molecule has 20 heavy (non-hydrogen) atoms. The second-order valence-corrected chi connectivity index (χ2v) is 4.60. The minimum absolute atomic E-state index is 0.260. The Balaban J connectivity index is 2.01. The number of rotatable bonds is 6. The Hall–Kier alpha value is -1.94. The first-order valence-corrected chi connectivity index (χ1v) is 6.73. The average molecular weight is 274 g/mol. The zero-order valence-corrected chi connectivity index (χ0v) is 11.8. The Morgan fingerprint density at radius 2 is 2.15 bits per heavy atom. The van der Waals surface area contributed by atoms with Gasteiger partial charge in [-0.1, -0.05) is 19.1 Å². The summed E-state index contributed by atoms with van der Waals surface area (Å²) in [7, 11) is 0. The molecule has 2 aromatic rings. The summed E-state index contributed by atoms with van der Waals surface area (Å²) in [6, 6.07) is 8.87. The van der Waals surface area contributed by atoms with Gasteiger partial charge in [0.15, 0.2) is 11.6 Å². The lowest BCUT2D eigenvalue weighted by atomic mass is 10.2. The van der Waals surface area contributed by atoms with Gasteiger partial charge in [0.1, 0.15) is 6.61 Å². The minimum atomic E-state index is -0.339. The zero-order valence-electron chi connectivity index (χ0n) is 11.8. The first-order valence-electron chi connectivity index (χ1n) is 6.73. The molecule has 0 unspecified atom stereocenters. The van der Waals surface area contributed by atoms with E-state index in [0.29, 0.717) is 6.54 Å². The van der Waals surface area contributed by atoms with Crippen LogP contribution in [0.5, 0.6) is 5.75 Å². The number of aromatic nitrogens is 1. The van der Waals surface area contributed by atoms with Gasteiger partial charge < -0.3 is 10.1 Å². The van der Waals surface area contributed by atoms with Gasteiger partial charge in [0.25, 0.3) is 0 Å². The predicted octanol–water partition coefficient (Wildman–Crippen LogP) is 3.22. The largest absolute Gasteiger partial charge is 0.484 e. The van der Waals surface area contributed by atoms with Crippen LogP contribution in [0.2, 0.25) is 0 Å². The lowest BCUT2D eigenvalue weighted by molar-refractivity contribution is 0.285. The molecule has 0 radical (unpaired) electrons. The van der Waals surface area contributed by atoms with Crippen molar-refractivity contribution in [1.82, 2.24) is 10.3 Å². The fourth-order valence-corrected chi connectivity index (χ4v) is 1.86. The summed E-state index contributed by atoms with van der Waals surface area (Å²) >= 11 is 0. The molecule has 106 valence electrons. The van der Waals surface area contributed by atoms with E-state index < -0.39 is 0 Å². The third kappa shape index (κ3) is 3.78. The van der Waals surface area contributed by atoms with E-state index in [0.717, 1.165) is 23.4 Å². The molecule has 1 N–H and O–H groups in total. The lowest BCUT2D eigenvalue weighted by Gasteiger charge is -2.10. The normalized spacial score (nSPS) is 10.6. The third-order valence-electron chi connectivity index (χ3n) is 3.06. The number of benzene rings is 1. The molecule has 0 saturated carbocycles. The summed E-state index contributed by atoms with van der Waals surface area (Å²) in [4.78, 5) is 4.22. The third-order valence-corrected chi connectivity index (χ3v) is 3.06. The van der Waals surface area contributed by atoms with E-state index in [1.807, 2.05) is 32.0 Å². The summed E-state index contributed by atoms with van der Waals surface area (Å²) in [5.41, 5.74) is 2.77. The van der Waals surface area contributed by atoms with Crippen LogP contribution in [-0.2, 0) is 13.2 Å². The smallest absolute Gasteiger partial charge is 0.165 e. The molecule has 1 aromatic heterocycles. The first kappa shape index (κ1) is 14.5. The molecule has 0 aliphatic rings. The van der Waals surface area contributed by atoms with Crippen molar-refractivity contribution in [2.45, 2.75) is 27.0 Å². The fourth-order valence-electron chi connectivity index (χ4n) is 1.86. The Labute approximate surface area is 118 Å². The van der Waals surface area contributed by atoms with Gasteiger partial charge in [-0.25, -0.2) is 4.39 Å². The Kier molecular flexibility index (Phi) is 5.07. The summed E-state index contributed by atoms with van der Waals surface area (Å²) in [6.45, 7) is 5.77. The molecule has 0 spiro atoms. The number of hydrogen-bond acceptors (Lipinski definition) is 3. The molecule has 1 heterocycles. The number of pyridine rings is 1. The topological polar surface area (TPSA) is 34.1 Å². The van der Waals surface area contributed by atoms with Gasteiger partial charge in [-0.05, 0) is 42.8 Å². The quantitative estimate of drug-likeness (QED) is 0.878. The Morgan fingerprint density at radius 1 is 1.30 bits per heavy atom. The van der Waals surface area contributed by atoms with E-state index in [1.54, 1.807) is 12.3 Å². The van der Waals surface area contributed by atoms with Gasteiger partial charge in [-0.2, -0.15) is 0 Å². The molecule has 2 rings (SSSR count). The Bertz CT molecular complexity index is 572. The second-order valence-electron chi connectivity index (χ2n) is 4.60. The number of nitrogens with one attached hydrogen (secondary N) is 1. The maximum absolute atomic E-state index is 13.9. The van der Waals surface area contributed by atoms with Crippen molar-refractivity contribution in [2.24, 2.45) is 0 Å². The van der Waals surface area contributed by atoms with E-state index in [-0.39, 0.29) is 18.2 Å². The van der Waals surface area contributed by atoms with Crippen molar-refractivity contribution in [2.75, 3.05) is 6.54 Å². The van der Waals surface area contributed by atoms with Crippen LogP contribution in [-0.4, -0.2) is 11.5 Å². The number of nitrogens with zero attached hydrogens (tertiary/aromatic N) is 1. The number of hydrogen-bond donors (Lipinski definition) is 1. The zero-order chi connectivity index (χ0) is 14.4. The van der Waals surface area contributed by atoms with Crippen molar-refractivity contribution in [1.29, 1.82) is 0 Å². The molecular weight excluding hydrogens is 255 g/mol. The van der Waals surface area contributed by atoms with Crippen molar-refractivity contribution in [3.05, 3.63) is 59.2 Å². The molecular formula is C16H19FN2O. The minimum Gasteiger partial charge on any atom is -0.484 e. The van der Waals surface area contributed by atoms with Crippen molar-refractivity contribution >= 4 is 0 Å². The van der Waals surface area contributed by atoms with Crippen molar-refractivity contribution in [3.8, 4) is 5.75 Å². The van der Waals surface area contributed by atoms with Crippen LogP contribution in [0.25, 0.3) is 0 Å². The highest BCUT2D eigenvalue weighted by Gasteiger charge is 2.06. The van der Waals surface area contributed by atoms with Crippen LogP contribution in [0.4, 0.5) is 4.39 Å². The molecule has 0 fully saturated rings. The van der Waals surface area contributed by atoms with E-state index in [9.17, 15) is 4.39 Å². The number of aryl methyl sites for hydroxylation is 1. The van der Waals surface area contributed by atoms with Crippen molar-refractivity contribution < 1.29 is 9.13 Å². The van der Waals surface area contributed by atoms with Crippen LogP contribution >= 0.6 is 0 Å². The Morgan fingerprint density at radius 3 is 2.85 bits per heavy atom. The van der Waals surface area contributed by atoms with E-state index in [4.69, 9.17) is 4.74 Å². The van der Waals surface area contributed by atoms with Crippen LogP contribution in [0.15, 0.2) is 36.5 Å². The van der Waals surface area contributed by atoms with Crippen LogP contribution < -0.4 is 10.1 Å². The molecule has 3 nitrogen and oxygen atoms in total. The predicted molar refractivity (Wildman–Crippen MR) is 77.1 cm³/mol. The van der Waals surface area contributed by atoms with Crippen molar-refractivity contribution in [3.63, 3.8) is 0 Å². The molecule has 0 aliphatic heterocycles. The van der Waals surface area contributed by atoms with E-state index in [1.165, 1.54) is 6.07 Å². The highest BCUT2D eigenvalue weighted by Crippen LogP contribution is 2.20. The summed E-state index contributed by atoms with van der Waals surface area (Å²) in [6.07, 6.45) is 1.71. The lowest BCUT2D eigenvalue weighted by Crippen LogP contribution is -2.12. The van der Waals surface area contributed by atoms with Crippen LogP contribution in [0.3, 0.4) is 0 Å². The van der Waals surface area contributed by atoms with Crippen LogP contribution in [0, 0.1) is 12.7 Å². The number of ether oxygens (including phenoxy) is 1. The van der Waals surface area contributed by atoms with Gasteiger partial charge in [0.05, 0.1) is 5.69 Å². The van der Waals surface area contributed by atoms with E-state index in [2.05, 4.69) is 10.3 Å². The SMILES string of the molecule is CCNCc1ccc(OCc2ncccc2C)c(F)c1. The molecule has 0 atom stereocenters. The first-order chi connectivity index (χ1) is 9.70. The maximum atomic E-state index is 13.9. The standard InChI is InChI=1S/C16H19FN2O/c1-3-18-10-13-6-7-16(14(17)9-13)20-11-15-12(2)5-4-8-19-15/h4-9,18H,3,10-11H2,1-2H3. The molecule has 1 aromatic carbocycles. The molecule has 0 bridgehead atoms. The molecule has 0 saturated heterocycles. The maximum Gasteiger partial charge on any atom is 0.165 e. The van der Waals surface area contributed by atoms with Gasteiger partial charge in [-0.15, -0.1) is 0 Å². The van der Waals surface area contributed by atoms with Gasteiger partial charge >= 0.3 is 0 Å². The monoisotopic (exact) mass is 274 g/mol. The average Bonchev–Trinajstić information content (AvgIpc) is 2.45.